The third kappa shape index (κ3) is 7.44. The average molecular weight is 522 g/mol. The Morgan fingerprint density at radius 3 is 3.14 bits per heavy atom. The van der Waals surface area contributed by atoms with Crippen LogP contribution in [0.3, 0.4) is 0 Å². The van der Waals surface area contributed by atoms with Crippen LogP contribution in [0.1, 0.15) is 37.1 Å². The first-order chi connectivity index (χ1) is 13.3. The summed E-state index contributed by atoms with van der Waals surface area (Å²) in [6.07, 6.45) is 3.47. The Bertz CT molecular complexity index is 593. The number of rotatable bonds is 9. The number of hydrogen-bond acceptors (Lipinski definition) is 5. The Kier molecular flexibility index (Phi) is 11.1. The summed E-state index contributed by atoms with van der Waals surface area (Å²) >= 11 is 1.89. The van der Waals surface area contributed by atoms with Crippen LogP contribution in [-0.4, -0.2) is 69.0 Å². The molecule has 0 aliphatic carbocycles. The van der Waals surface area contributed by atoms with Crippen molar-refractivity contribution in [2.75, 3.05) is 46.0 Å². The van der Waals surface area contributed by atoms with E-state index in [2.05, 4.69) is 40.8 Å². The predicted molar refractivity (Wildman–Crippen MR) is 127 cm³/mol. The van der Waals surface area contributed by atoms with E-state index in [1.165, 1.54) is 12.0 Å². The molecule has 0 bridgehead atoms. The van der Waals surface area contributed by atoms with E-state index in [9.17, 15) is 0 Å². The van der Waals surface area contributed by atoms with Gasteiger partial charge in [-0.3, -0.25) is 9.89 Å². The van der Waals surface area contributed by atoms with Gasteiger partial charge in [-0.1, -0.05) is 0 Å². The molecule has 2 unspecified atom stereocenters. The zero-order valence-electron chi connectivity index (χ0n) is 17.1. The number of fused-ring (bicyclic) bond motifs is 1. The second kappa shape index (κ2) is 13.0. The van der Waals surface area contributed by atoms with Gasteiger partial charge in [-0.2, -0.15) is 0 Å². The molecule has 8 heteroatoms. The Hall–Kier alpha value is -0.420. The lowest BCUT2D eigenvalue weighted by Gasteiger charge is -2.31. The van der Waals surface area contributed by atoms with Gasteiger partial charge in [0.15, 0.2) is 5.96 Å². The lowest BCUT2D eigenvalue weighted by atomic mass is 10.1. The second-order valence-electron chi connectivity index (χ2n) is 7.29. The summed E-state index contributed by atoms with van der Waals surface area (Å²) in [5.41, 5.74) is 1.50. The third-order valence-electron chi connectivity index (χ3n) is 5.17. The Morgan fingerprint density at radius 1 is 1.46 bits per heavy atom. The van der Waals surface area contributed by atoms with Crippen molar-refractivity contribution in [3.63, 3.8) is 0 Å². The van der Waals surface area contributed by atoms with Crippen LogP contribution < -0.4 is 10.6 Å². The summed E-state index contributed by atoms with van der Waals surface area (Å²) < 4.78 is 11.1. The van der Waals surface area contributed by atoms with Crippen molar-refractivity contribution in [1.82, 2.24) is 15.5 Å². The number of nitrogens with zero attached hydrogens (tertiary/aromatic N) is 2. The minimum Gasteiger partial charge on any atom is -0.379 e. The van der Waals surface area contributed by atoms with Gasteiger partial charge in [-0.25, -0.2) is 0 Å². The lowest BCUT2D eigenvalue weighted by Crippen LogP contribution is -2.41. The fraction of sp³-hybridized carbons (Fsp3) is 0.750. The SMILES string of the molecule is CCNC(=NCC(C)N1CCc2sccc2C1)NCCCOC1CCOC1.I. The molecule has 3 heterocycles. The first kappa shape index (κ1) is 23.9. The van der Waals surface area contributed by atoms with Crippen LogP contribution >= 0.6 is 35.3 Å². The van der Waals surface area contributed by atoms with Crippen LogP contribution in [0.15, 0.2) is 16.4 Å². The molecule has 2 N–H and O–H groups in total. The molecule has 0 saturated carbocycles. The fourth-order valence-corrected chi connectivity index (χ4v) is 4.39. The standard InChI is InChI=1S/C20H34N4O2S.HI/c1-3-21-20(22-8-4-10-26-18-6-11-25-15-18)23-13-16(2)24-9-5-19-17(14-24)7-12-27-19;/h7,12,16,18H,3-6,8-11,13-15H2,1-2H3,(H2,21,22,23);1H. The normalized spacial score (nSPS) is 21.1. The zero-order chi connectivity index (χ0) is 18.9. The van der Waals surface area contributed by atoms with Gasteiger partial charge in [0, 0.05) is 50.3 Å². The monoisotopic (exact) mass is 522 g/mol. The smallest absolute Gasteiger partial charge is 0.191 e. The maximum atomic E-state index is 5.81. The Labute approximate surface area is 190 Å². The molecule has 0 spiro atoms. The van der Waals surface area contributed by atoms with Gasteiger partial charge in [0.2, 0.25) is 0 Å². The van der Waals surface area contributed by atoms with Gasteiger partial charge in [-0.15, -0.1) is 35.3 Å². The van der Waals surface area contributed by atoms with Crippen molar-refractivity contribution in [2.24, 2.45) is 4.99 Å². The van der Waals surface area contributed by atoms with Gasteiger partial charge < -0.3 is 20.1 Å². The summed E-state index contributed by atoms with van der Waals surface area (Å²) in [6, 6.07) is 2.72. The van der Waals surface area contributed by atoms with Crippen LogP contribution in [0.4, 0.5) is 0 Å². The minimum absolute atomic E-state index is 0. The van der Waals surface area contributed by atoms with Gasteiger partial charge in [0.1, 0.15) is 0 Å². The third-order valence-corrected chi connectivity index (χ3v) is 6.20. The van der Waals surface area contributed by atoms with E-state index in [-0.39, 0.29) is 24.0 Å². The highest BCUT2D eigenvalue weighted by molar-refractivity contribution is 14.0. The van der Waals surface area contributed by atoms with Crippen LogP contribution in [0.2, 0.25) is 0 Å². The predicted octanol–water partition coefficient (Wildman–Crippen LogP) is 2.86. The number of hydrogen-bond donors (Lipinski definition) is 2. The number of ether oxygens (including phenoxy) is 2. The Morgan fingerprint density at radius 2 is 2.36 bits per heavy atom. The number of halogens is 1. The highest BCUT2D eigenvalue weighted by Gasteiger charge is 2.21. The van der Waals surface area contributed by atoms with E-state index < -0.39 is 0 Å². The molecule has 2 aliphatic heterocycles. The molecular formula is C20H35IN4O2S. The quantitative estimate of drug-likeness (QED) is 0.226. The lowest BCUT2D eigenvalue weighted by molar-refractivity contribution is 0.0420. The van der Waals surface area contributed by atoms with Gasteiger partial charge in [0.05, 0.1) is 19.3 Å². The highest BCUT2D eigenvalue weighted by Crippen LogP contribution is 2.25. The molecule has 6 nitrogen and oxygen atoms in total. The second-order valence-corrected chi connectivity index (χ2v) is 8.30. The summed E-state index contributed by atoms with van der Waals surface area (Å²) in [4.78, 5) is 8.90. The number of guanidine groups is 1. The topological polar surface area (TPSA) is 58.1 Å². The molecule has 160 valence electrons. The van der Waals surface area contributed by atoms with Crippen LogP contribution in [0, 0.1) is 0 Å². The summed E-state index contributed by atoms with van der Waals surface area (Å²) in [6.45, 7) is 11.5. The molecule has 0 aromatic carbocycles. The van der Waals surface area contributed by atoms with Crippen LogP contribution in [0.25, 0.3) is 0 Å². The first-order valence-corrected chi connectivity index (χ1v) is 11.1. The summed E-state index contributed by atoms with van der Waals surface area (Å²) in [5, 5.41) is 8.99. The highest BCUT2D eigenvalue weighted by atomic mass is 127. The van der Waals surface area contributed by atoms with Gasteiger partial charge in [-0.05, 0) is 50.1 Å². The van der Waals surface area contributed by atoms with Crippen LogP contribution in [0.5, 0.6) is 0 Å². The molecule has 2 atom stereocenters. The molecule has 1 aromatic heterocycles. The van der Waals surface area contributed by atoms with Crippen molar-refractivity contribution >= 4 is 41.3 Å². The first-order valence-electron chi connectivity index (χ1n) is 10.3. The van der Waals surface area contributed by atoms with E-state index in [0.29, 0.717) is 12.1 Å². The largest absolute Gasteiger partial charge is 0.379 e. The average Bonchev–Trinajstić information content (AvgIpc) is 3.36. The molecule has 1 fully saturated rings. The molecule has 1 saturated heterocycles. The van der Waals surface area contributed by atoms with Gasteiger partial charge in [0.25, 0.3) is 0 Å². The molecule has 1 aromatic rings. The van der Waals surface area contributed by atoms with Crippen molar-refractivity contribution in [2.45, 2.75) is 51.8 Å². The minimum atomic E-state index is 0. The van der Waals surface area contributed by atoms with Crippen molar-refractivity contribution in [3.05, 3.63) is 21.9 Å². The molecule has 2 aliphatic rings. The maximum absolute atomic E-state index is 5.81. The number of thiophene rings is 1. The summed E-state index contributed by atoms with van der Waals surface area (Å²) in [7, 11) is 0. The van der Waals surface area contributed by atoms with E-state index in [1.54, 1.807) is 4.88 Å². The Balaban J connectivity index is 0.00000280. The van der Waals surface area contributed by atoms with Crippen molar-refractivity contribution < 1.29 is 9.47 Å². The van der Waals surface area contributed by atoms with Crippen LogP contribution in [-0.2, 0) is 22.4 Å². The number of nitrogens with one attached hydrogen (secondary N) is 2. The molecule has 0 radical (unpaired) electrons. The van der Waals surface area contributed by atoms with E-state index in [1.807, 2.05) is 11.3 Å². The maximum Gasteiger partial charge on any atom is 0.191 e. The van der Waals surface area contributed by atoms with Gasteiger partial charge >= 0.3 is 0 Å². The van der Waals surface area contributed by atoms with E-state index >= 15 is 0 Å². The van der Waals surface area contributed by atoms with E-state index in [4.69, 9.17) is 14.5 Å². The van der Waals surface area contributed by atoms with Crippen molar-refractivity contribution in [1.29, 1.82) is 0 Å². The molecular weight excluding hydrogens is 487 g/mol. The number of aliphatic imine (C=N–C) groups is 1. The zero-order valence-corrected chi connectivity index (χ0v) is 20.3. The molecule has 0 amide bonds. The van der Waals surface area contributed by atoms with Crippen molar-refractivity contribution in [3.8, 4) is 0 Å². The molecule has 3 rings (SSSR count). The molecule has 28 heavy (non-hydrogen) atoms. The van der Waals surface area contributed by atoms with E-state index in [0.717, 1.165) is 71.3 Å². The summed E-state index contributed by atoms with van der Waals surface area (Å²) in [5.74, 6) is 0.904. The fourth-order valence-electron chi connectivity index (χ4n) is 3.50.